The zero-order valence-electron chi connectivity index (χ0n) is 20.5. The largest absolute Gasteiger partial charge is 0.474 e. The Kier molecular flexibility index (Phi) is 7.12. The molecule has 1 amide bonds. The highest BCUT2D eigenvalue weighted by Crippen LogP contribution is 2.28. The summed E-state index contributed by atoms with van der Waals surface area (Å²) in [5.41, 5.74) is 0.651. The van der Waals surface area contributed by atoms with Crippen molar-refractivity contribution in [1.82, 2.24) is 24.6 Å². The maximum atomic E-state index is 14.8. The molecule has 39 heavy (non-hydrogen) atoms. The lowest BCUT2D eigenvalue weighted by molar-refractivity contribution is -0.0498. The maximum Gasteiger partial charge on any atom is 0.387 e. The van der Waals surface area contributed by atoms with E-state index in [1.165, 1.54) is 53.6 Å². The Hall–Kier alpha value is -4.20. The molecule has 2 aromatic heterocycles. The molecule has 14 heteroatoms. The molecule has 5 rings (SSSR count). The number of carbonyl (C=O) groups is 1. The van der Waals surface area contributed by atoms with E-state index in [4.69, 9.17) is 4.74 Å². The third kappa shape index (κ3) is 5.65. The van der Waals surface area contributed by atoms with Gasteiger partial charge in [-0.2, -0.15) is 13.9 Å². The Morgan fingerprint density at radius 2 is 1.79 bits per heavy atom. The minimum absolute atomic E-state index is 0.0164. The summed E-state index contributed by atoms with van der Waals surface area (Å²) < 4.78 is 74.6. The van der Waals surface area contributed by atoms with E-state index in [1.807, 2.05) is 0 Å². The van der Waals surface area contributed by atoms with Gasteiger partial charge >= 0.3 is 6.61 Å². The van der Waals surface area contributed by atoms with Crippen molar-refractivity contribution in [2.75, 3.05) is 19.3 Å². The van der Waals surface area contributed by atoms with Gasteiger partial charge in [0, 0.05) is 37.8 Å². The van der Waals surface area contributed by atoms with E-state index in [9.17, 15) is 26.4 Å². The Morgan fingerprint density at radius 1 is 1.08 bits per heavy atom. The van der Waals surface area contributed by atoms with Crippen LogP contribution in [0, 0.1) is 5.82 Å². The van der Waals surface area contributed by atoms with Gasteiger partial charge in [-0.1, -0.05) is 0 Å². The van der Waals surface area contributed by atoms with Crippen molar-refractivity contribution in [3.05, 3.63) is 66.4 Å². The molecule has 0 atom stereocenters. The number of aromatic nitrogens is 4. The van der Waals surface area contributed by atoms with Crippen molar-refractivity contribution < 1.29 is 35.9 Å². The van der Waals surface area contributed by atoms with Crippen molar-refractivity contribution in [3.63, 3.8) is 0 Å². The SMILES string of the molecule is CS(=O)(=O)c1ccc(-n2ncc3c(OC4CCN(C(=O)c5ccc(OC(F)F)cc5)CC4)ncnc32)c(F)c1. The number of alkyl halides is 2. The second-order valence-corrected chi connectivity index (χ2v) is 10.9. The fraction of sp³-hybridized carbons (Fsp3) is 0.280. The molecule has 1 aliphatic rings. The van der Waals surface area contributed by atoms with Gasteiger partial charge in [0.1, 0.15) is 35.1 Å². The summed E-state index contributed by atoms with van der Waals surface area (Å²) >= 11 is 0. The molecule has 0 saturated carbocycles. The molecule has 0 radical (unpaired) electrons. The molecule has 1 saturated heterocycles. The number of likely N-dealkylation sites (tertiary alicyclic amines) is 1. The van der Waals surface area contributed by atoms with Crippen LogP contribution in [0.25, 0.3) is 16.7 Å². The summed E-state index contributed by atoms with van der Waals surface area (Å²) in [6.45, 7) is -2.13. The molecule has 204 valence electrons. The fourth-order valence-electron chi connectivity index (χ4n) is 4.28. The number of halogens is 3. The summed E-state index contributed by atoms with van der Waals surface area (Å²) in [5, 5.41) is 4.64. The summed E-state index contributed by atoms with van der Waals surface area (Å²) in [5.74, 6) is -0.787. The topological polar surface area (TPSA) is 117 Å². The van der Waals surface area contributed by atoms with Crippen molar-refractivity contribution in [1.29, 1.82) is 0 Å². The van der Waals surface area contributed by atoms with E-state index in [1.54, 1.807) is 4.90 Å². The van der Waals surface area contributed by atoms with E-state index in [0.29, 0.717) is 36.9 Å². The molecule has 3 heterocycles. The highest BCUT2D eigenvalue weighted by Gasteiger charge is 2.26. The van der Waals surface area contributed by atoms with Crippen molar-refractivity contribution in [2.24, 2.45) is 0 Å². The smallest absolute Gasteiger partial charge is 0.387 e. The zero-order chi connectivity index (χ0) is 27.7. The number of hydrogen-bond acceptors (Lipinski definition) is 8. The van der Waals surface area contributed by atoms with E-state index in [2.05, 4.69) is 19.8 Å². The highest BCUT2D eigenvalue weighted by atomic mass is 32.2. The first-order chi connectivity index (χ1) is 18.6. The van der Waals surface area contributed by atoms with Crippen LogP contribution in [-0.2, 0) is 9.84 Å². The molecular formula is C25H22F3N5O5S. The van der Waals surface area contributed by atoms with Crippen molar-refractivity contribution >= 4 is 26.8 Å². The molecule has 0 spiro atoms. The van der Waals surface area contributed by atoms with Gasteiger partial charge in [-0.05, 0) is 42.5 Å². The van der Waals surface area contributed by atoms with E-state index < -0.39 is 22.3 Å². The molecule has 0 unspecified atom stereocenters. The number of carbonyl (C=O) groups excluding carboxylic acids is 1. The van der Waals surface area contributed by atoms with E-state index in [-0.39, 0.29) is 39.9 Å². The summed E-state index contributed by atoms with van der Waals surface area (Å²) in [7, 11) is -3.58. The number of benzene rings is 2. The number of fused-ring (bicyclic) bond motifs is 1. The number of rotatable bonds is 7. The molecular weight excluding hydrogens is 539 g/mol. The van der Waals surface area contributed by atoms with Crippen LogP contribution in [0.5, 0.6) is 11.6 Å². The lowest BCUT2D eigenvalue weighted by atomic mass is 10.1. The third-order valence-corrected chi connectivity index (χ3v) is 7.35. The first-order valence-electron chi connectivity index (χ1n) is 11.8. The average Bonchev–Trinajstić information content (AvgIpc) is 3.33. The van der Waals surface area contributed by atoms with Crippen LogP contribution >= 0.6 is 0 Å². The van der Waals surface area contributed by atoms with E-state index >= 15 is 0 Å². The average molecular weight is 562 g/mol. The van der Waals surface area contributed by atoms with Gasteiger partial charge in [0.05, 0.1) is 11.1 Å². The second kappa shape index (κ2) is 10.5. The van der Waals surface area contributed by atoms with Crippen LogP contribution in [0.4, 0.5) is 13.2 Å². The molecule has 4 aromatic rings. The number of sulfone groups is 1. The van der Waals surface area contributed by atoms with Crippen LogP contribution in [0.2, 0.25) is 0 Å². The minimum Gasteiger partial charge on any atom is -0.474 e. The second-order valence-electron chi connectivity index (χ2n) is 8.87. The van der Waals surface area contributed by atoms with Crippen LogP contribution < -0.4 is 9.47 Å². The van der Waals surface area contributed by atoms with E-state index in [0.717, 1.165) is 12.3 Å². The molecule has 2 aromatic carbocycles. The standard InChI is InChI=1S/C25H22F3N5O5S/c1-39(35,36)18-6-7-21(20(26)12-18)33-22-19(13-31-33)23(30-14-29-22)37-17-8-10-32(11-9-17)24(34)15-2-4-16(5-3-15)38-25(27)28/h2-7,12-14,17,25H,8-11H2,1H3. The Labute approximate surface area is 220 Å². The molecule has 1 aliphatic heterocycles. The van der Waals surface area contributed by atoms with Gasteiger partial charge in [-0.25, -0.2) is 27.5 Å². The molecule has 10 nitrogen and oxygen atoms in total. The van der Waals surface area contributed by atoms with Crippen LogP contribution in [0.1, 0.15) is 23.2 Å². The zero-order valence-corrected chi connectivity index (χ0v) is 21.3. The third-order valence-electron chi connectivity index (χ3n) is 6.24. The predicted octanol–water partition coefficient (Wildman–Crippen LogP) is 3.64. The Balaban J connectivity index is 1.26. The minimum atomic E-state index is -3.58. The summed E-state index contributed by atoms with van der Waals surface area (Å²) in [6.07, 6.45) is 4.46. The fourth-order valence-corrected chi connectivity index (χ4v) is 4.91. The molecule has 0 aliphatic carbocycles. The Bertz CT molecular complexity index is 1620. The van der Waals surface area contributed by atoms with Crippen molar-refractivity contribution in [2.45, 2.75) is 30.5 Å². The van der Waals surface area contributed by atoms with Gasteiger partial charge < -0.3 is 14.4 Å². The van der Waals surface area contributed by atoms with Crippen molar-refractivity contribution in [3.8, 4) is 17.3 Å². The predicted molar refractivity (Wildman–Crippen MR) is 132 cm³/mol. The number of hydrogen-bond donors (Lipinski definition) is 0. The number of ether oxygens (including phenoxy) is 2. The van der Waals surface area contributed by atoms with Gasteiger partial charge in [0.15, 0.2) is 15.5 Å². The van der Waals surface area contributed by atoms with Gasteiger partial charge in [0.2, 0.25) is 5.88 Å². The number of amides is 1. The summed E-state index contributed by atoms with van der Waals surface area (Å²) in [6, 6.07) is 9.05. The van der Waals surface area contributed by atoms with Gasteiger partial charge in [-0.15, -0.1) is 0 Å². The monoisotopic (exact) mass is 561 g/mol. The number of piperidine rings is 1. The molecule has 1 fully saturated rings. The molecule has 0 bridgehead atoms. The summed E-state index contributed by atoms with van der Waals surface area (Å²) in [4.78, 5) is 22.7. The maximum absolute atomic E-state index is 14.8. The van der Waals surface area contributed by atoms with Crippen LogP contribution in [-0.4, -0.2) is 71.0 Å². The van der Waals surface area contributed by atoms with Gasteiger partial charge in [0.25, 0.3) is 5.91 Å². The van der Waals surface area contributed by atoms with Gasteiger partial charge in [-0.3, -0.25) is 4.79 Å². The first kappa shape index (κ1) is 26.4. The molecule has 0 N–H and O–H groups in total. The lowest BCUT2D eigenvalue weighted by Gasteiger charge is -2.32. The highest BCUT2D eigenvalue weighted by molar-refractivity contribution is 7.90. The number of nitrogens with zero attached hydrogens (tertiary/aromatic N) is 5. The van der Waals surface area contributed by atoms with Crippen LogP contribution in [0.15, 0.2) is 59.9 Å². The lowest BCUT2D eigenvalue weighted by Crippen LogP contribution is -2.41. The quantitative estimate of drug-likeness (QED) is 0.336. The van der Waals surface area contributed by atoms with Crippen LogP contribution in [0.3, 0.4) is 0 Å². The Morgan fingerprint density at radius 3 is 2.44 bits per heavy atom. The normalized spacial score (nSPS) is 14.6. The first-order valence-corrected chi connectivity index (χ1v) is 13.7.